The van der Waals surface area contributed by atoms with E-state index in [1.54, 1.807) is 19.1 Å². The zero-order valence-corrected chi connectivity index (χ0v) is 13.7. The molecule has 0 amide bonds. The summed E-state index contributed by atoms with van der Waals surface area (Å²) in [4.78, 5) is 11.3. The van der Waals surface area contributed by atoms with Gasteiger partial charge in [0, 0.05) is 10.9 Å². The summed E-state index contributed by atoms with van der Waals surface area (Å²) in [7, 11) is 0. The van der Waals surface area contributed by atoms with Gasteiger partial charge in [0.1, 0.15) is 5.75 Å². The minimum atomic E-state index is -0.698. The molecule has 1 aromatic rings. The highest BCUT2D eigenvalue weighted by Gasteiger charge is 2.10. The van der Waals surface area contributed by atoms with E-state index in [4.69, 9.17) is 27.5 Å². The number of nitrogens with one attached hydrogen (secondary N) is 1. The molecule has 112 valence electrons. The number of esters is 1. The normalized spacial score (nSPS) is 10.7. The minimum Gasteiger partial charge on any atom is -0.490 e. The highest BCUT2D eigenvalue weighted by Crippen LogP contribution is 2.28. The molecule has 0 aliphatic heterocycles. The van der Waals surface area contributed by atoms with Gasteiger partial charge in [-0.3, -0.25) is 5.43 Å². The molecule has 0 heterocycles. The number of halogens is 2. The van der Waals surface area contributed by atoms with E-state index in [0.29, 0.717) is 24.5 Å². The predicted octanol–water partition coefficient (Wildman–Crippen LogP) is 3.38. The number of ether oxygens (including phenoxy) is 2. The third-order valence-corrected chi connectivity index (χ3v) is 2.90. The number of carbonyl (C=O) groups excluding carboxylic acids is 1. The topological polar surface area (TPSA) is 59.9 Å². The first-order valence-electron chi connectivity index (χ1n) is 6.10. The van der Waals surface area contributed by atoms with Gasteiger partial charge in [-0.05, 0) is 25.1 Å². The molecular weight excluding hydrogens is 360 g/mol. The smallest absolute Gasteiger partial charge is 0.370 e. The van der Waals surface area contributed by atoms with Gasteiger partial charge in [-0.25, -0.2) is 4.79 Å². The number of anilines is 1. The summed E-state index contributed by atoms with van der Waals surface area (Å²) < 4.78 is 11.1. The van der Waals surface area contributed by atoms with Crippen LogP contribution in [0.5, 0.6) is 5.75 Å². The summed E-state index contributed by atoms with van der Waals surface area (Å²) in [5.41, 5.74) is 3.21. The van der Waals surface area contributed by atoms with Crippen molar-refractivity contribution in [2.75, 3.05) is 18.6 Å². The van der Waals surface area contributed by atoms with Gasteiger partial charge in [0.2, 0.25) is 5.17 Å². The van der Waals surface area contributed by atoms with Crippen molar-refractivity contribution < 1.29 is 14.3 Å². The summed E-state index contributed by atoms with van der Waals surface area (Å²) in [6.07, 6.45) is 5.66. The second-order valence-electron chi connectivity index (χ2n) is 3.68. The third kappa shape index (κ3) is 6.06. The van der Waals surface area contributed by atoms with Crippen LogP contribution in [-0.2, 0) is 9.53 Å². The first-order valence-corrected chi connectivity index (χ1v) is 7.27. The van der Waals surface area contributed by atoms with Crippen LogP contribution in [0.1, 0.15) is 13.3 Å². The molecule has 1 aromatic carbocycles. The van der Waals surface area contributed by atoms with Crippen LogP contribution >= 0.6 is 27.5 Å². The second kappa shape index (κ2) is 9.27. The summed E-state index contributed by atoms with van der Waals surface area (Å²) in [5.74, 6) is 2.33. The third-order valence-electron chi connectivity index (χ3n) is 2.16. The lowest BCUT2D eigenvalue weighted by atomic mass is 10.3. The van der Waals surface area contributed by atoms with Crippen molar-refractivity contribution in [1.82, 2.24) is 0 Å². The number of rotatable bonds is 7. The summed E-state index contributed by atoms with van der Waals surface area (Å²) >= 11 is 9.05. The van der Waals surface area contributed by atoms with E-state index in [9.17, 15) is 4.79 Å². The molecule has 1 rings (SSSR count). The summed E-state index contributed by atoms with van der Waals surface area (Å²) in [6, 6.07) is 5.30. The Bertz CT molecular complexity index is 570. The second-order valence-corrected chi connectivity index (χ2v) is 4.95. The highest BCUT2D eigenvalue weighted by atomic mass is 79.9. The number of hydrogen-bond donors (Lipinski definition) is 1. The van der Waals surface area contributed by atoms with Gasteiger partial charge in [-0.1, -0.05) is 27.5 Å². The van der Waals surface area contributed by atoms with Crippen LogP contribution in [0.4, 0.5) is 5.69 Å². The molecule has 0 saturated heterocycles. The van der Waals surface area contributed by atoms with Crippen molar-refractivity contribution in [3.63, 3.8) is 0 Å². The number of nitrogens with zero attached hydrogens (tertiary/aromatic N) is 1. The van der Waals surface area contributed by atoms with Gasteiger partial charge < -0.3 is 9.47 Å². The molecule has 0 atom stereocenters. The minimum absolute atomic E-state index is 0.224. The first kappa shape index (κ1) is 17.3. The Labute approximate surface area is 136 Å². The molecule has 0 spiro atoms. The Balaban J connectivity index is 2.81. The molecular formula is C14H14BrClN2O3. The van der Waals surface area contributed by atoms with E-state index in [1.165, 1.54) is 0 Å². The molecule has 0 aliphatic carbocycles. The van der Waals surface area contributed by atoms with Crippen molar-refractivity contribution in [1.29, 1.82) is 0 Å². The van der Waals surface area contributed by atoms with Crippen molar-refractivity contribution in [2.24, 2.45) is 5.10 Å². The molecule has 0 fully saturated rings. The molecule has 21 heavy (non-hydrogen) atoms. The Morgan fingerprint density at radius 1 is 1.57 bits per heavy atom. The lowest BCUT2D eigenvalue weighted by Gasteiger charge is -2.10. The van der Waals surface area contributed by atoms with E-state index in [1.807, 2.05) is 6.07 Å². The van der Waals surface area contributed by atoms with Crippen molar-refractivity contribution in [2.45, 2.75) is 13.3 Å². The fourth-order valence-corrected chi connectivity index (χ4v) is 1.74. The van der Waals surface area contributed by atoms with Crippen LogP contribution in [0.2, 0.25) is 0 Å². The maximum atomic E-state index is 11.3. The molecule has 0 unspecified atom stereocenters. The fraction of sp³-hybridized carbons (Fsp3) is 0.286. The number of benzene rings is 1. The largest absolute Gasteiger partial charge is 0.490 e. The molecule has 0 radical (unpaired) electrons. The fourth-order valence-electron chi connectivity index (χ4n) is 1.28. The maximum absolute atomic E-state index is 11.3. The van der Waals surface area contributed by atoms with Crippen LogP contribution in [0.15, 0.2) is 27.8 Å². The molecule has 0 saturated carbocycles. The SMILES string of the molecule is C#CCCOc1ccc(Br)cc1N/N=C(/Cl)C(=O)OCC. The van der Waals surface area contributed by atoms with Gasteiger partial charge in [0.05, 0.1) is 18.9 Å². The van der Waals surface area contributed by atoms with E-state index in [-0.39, 0.29) is 11.8 Å². The van der Waals surface area contributed by atoms with Gasteiger partial charge in [-0.15, -0.1) is 12.3 Å². The maximum Gasteiger partial charge on any atom is 0.370 e. The van der Waals surface area contributed by atoms with Crippen molar-refractivity contribution in [3.8, 4) is 18.1 Å². The average molecular weight is 374 g/mol. The van der Waals surface area contributed by atoms with Crippen LogP contribution in [0.25, 0.3) is 0 Å². The quantitative estimate of drug-likeness (QED) is 0.262. The monoisotopic (exact) mass is 372 g/mol. The molecule has 1 N–H and O–H groups in total. The Morgan fingerprint density at radius 3 is 3.00 bits per heavy atom. The Morgan fingerprint density at radius 2 is 2.33 bits per heavy atom. The van der Waals surface area contributed by atoms with Gasteiger partial charge >= 0.3 is 5.97 Å². The number of hydrazone groups is 1. The van der Waals surface area contributed by atoms with E-state index < -0.39 is 5.97 Å². The number of terminal acetylenes is 1. The zero-order chi connectivity index (χ0) is 15.7. The summed E-state index contributed by atoms with van der Waals surface area (Å²) in [5, 5.41) is 3.46. The Hall–Kier alpha value is -1.71. The van der Waals surface area contributed by atoms with E-state index >= 15 is 0 Å². The molecule has 0 aromatic heterocycles. The van der Waals surface area contributed by atoms with E-state index in [0.717, 1.165) is 4.47 Å². The molecule has 0 aliphatic rings. The van der Waals surface area contributed by atoms with Crippen LogP contribution < -0.4 is 10.2 Å². The highest BCUT2D eigenvalue weighted by molar-refractivity contribution is 9.10. The summed E-state index contributed by atoms with van der Waals surface area (Å²) in [6.45, 7) is 2.28. The molecule has 7 heteroatoms. The molecule has 5 nitrogen and oxygen atoms in total. The lowest BCUT2D eigenvalue weighted by molar-refractivity contribution is -0.134. The van der Waals surface area contributed by atoms with Crippen LogP contribution in [0, 0.1) is 12.3 Å². The van der Waals surface area contributed by atoms with Crippen LogP contribution in [-0.4, -0.2) is 24.4 Å². The standard InChI is InChI=1S/C14H14BrClN2O3/c1-3-5-8-21-12-7-6-10(15)9-11(12)17-18-13(16)14(19)20-4-2/h1,6-7,9,17H,4-5,8H2,2H3/b18-13+. The number of carbonyl (C=O) groups is 1. The van der Waals surface area contributed by atoms with Gasteiger partial charge in [0.15, 0.2) is 0 Å². The van der Waals surface area contributed by atoms with Gasteiger partial charge in [-0.2, -0.15) is 5.10 Å². The molecule has 0 bridgehead atoms. The number of hydrogen-bond acceptors (Lipinski definition) is 5. The van der Waals surface area contributed by atoms with Crippen molar-refractivity contribution in [3.05, 3.63) is 22.7 Å². The van der Waals surface area contributed by atoms with Gasteiger partial charge in [0.25, 0.3) is 0 Å². The zero-order valence-electron chi connectivity index (χ0n) is 11.4. The van der Waals surface area contributed by atoms with Crippen LogP contribution in [0.3, 0.4) is 0 Å². The Kier molecular flexibility index (Phi) is 7.65. The van der Waals surface area contributed by atoms with Crippen molar-refractivity contribution >= 4 is 44.4 Å². The predicted molar refractivity (Wildman–Crippen MR) is 86.6 cm³/mol. The van der Waals surface area contributed by atoms with E-state index in [2.05, 4.69) is 32.4 Å². The first-order chi connectivity index (χ1) is 10.1. The average Bonchev–Trinajstić information content (AvgIpc) is 2.47. The lowest BCUT2D eigenvalue weighted by Crippen LogP contribution is -2.13.